The van der Waals surface area contributed by atoms with Crippen LogP contribution in [0.4, 0.5) is 5.69 Å². The Balaban J connectivity index is 1.52. The molecule has 1 aliphatic heterocycles. The maximum Gasteiger partial charge on any atom is 0.287 e. The molecule has 0 bridgehead atoms. The Bertz CT molecular complexity index is 998. The number of carbonyl (C=O) groups is 1. The highest BCUT2D eigenvalue weighted by Gasteiger charge is 2.24. The molecule has 3 aromatic carbocycles. The van der Waals surface area contributed by atoms with Gasteiger partial charge in [-0.2, -0.15) is 0 Å². The van der Waals surface area contributed by atoms with Crippen molar-refractivity contribution < 1.29 is 19.6 Å². The summed E-state index contributed by atoms with van der Waals surface area (Å²) in [5.41, 5.74) is 5.12. The molecule has 3 aromatic rings. The van der Waals surface area contributed by atoms with E-state index in [1.807, 2.05) is 79.8 Å². The zero-order valence-corrected chi connectivity index (χ0v) is 16.6. The zero-order valence-electron chi connectivity index (χ0n) is 16.6. The molecular weight excluding hydrogens is 364 g/mol. The van der Waals surface area contributed by atoms with E-state index < -0.39 is 0 Å². The van der Waals surface area contributed by atoms with Gasteiger partial charge in [-0.3, -0.25) is 4.79 Å². The summed E-state index contributed by atoms with van der Waals surface area (Å²) < 4.78 is 10.8. The number of anilines is 1. The summed E-state index contributed by atoms with van der Waals surface area (Å²) in [5, 5.41) is 5.13. The number of fused-ring (bicyclic) bond motifs is 1. The smallest absolute Gasteiger partial charge is 0.287 e. The van der Waals surface area contributed by atoms with Crippen LogP contribution in [0.3, 0.4) is 0 Å². The van der Waals surface area contributed by atoms with Crippen molar-refractivity contribution in [3.8, 4) is 11.5 Å². The molecule has 1 aliphatic rings. The first-order valence-corrected chi connectivity index (χ1v) is 9.74. The average Bonchev–Trinajstić information content (AvgIpc) is 3.16. The molecule has 148 valence electrons. The lowest BCUT2D eigenvalue weighted by molar-refractivity contribution is -0.697. The summed E-state index contributed by atoms with van der Waals surface area (Å²) in [5.74, 6) is 1.48. The van der Waals surface area contributed by atoms with Crippen molar-refractivity contribution in [3.63, 3.8) is 0 Å². The van der Waals surface area contributed by atoms with Gasteiger partial charge in [0.15, 0.2) is 17.5 Å². The number of amides is 1. The first-order chi connectivity index (χ1) is 14.1. The van der Waals surface area contributed by atoms with Gasteiger partial charge in [0.1, 0.15) is 6.54 Å². The zero-order chi connectivity index (χ0) is 20.2. The number of quaternary nitrogens is 1. The third-order valence-electron chi connectivity index (χ3n) is 4.96. The fraction of sp³-hybridized carbons (Fsp3) is 0.208. The Morgan fingerprint density at radius 3 is 2.45 bits per heavy atom. The van der Waals surface area contributed by atoms with E-state index in [4.69, 9.17) is 9.47 Å². The van der Waals surface area contributed by atoms with E-state index in [0.29, 0.717) is 6.54 Å². The Morgan fingerprint density at radius 1 is 0.966 bits per heavy atom. The third kappa shape index (κ3) is 4.58. The molecule has 1 amide bonds. The highest BCUT2D eigenvalue weighted by atomic mass is 16.7. The van der Waals surface area contributed by atoms with Crippen LogP contribution >= 0.6 is 0 Å². The maximum absolute atomic E-state index is 13.2. The van der Waals surface area contributed by atoms with Gasteiger partial charge in [-0.05, 0) is 55.3 Å². The minimum Gasteiger partial charge on any atom is -0.454 e. The molecule has 4 rings (SSSR count). The Labute approximate surface area is 170 Å². The topological polar surface area (TPSA) is 64.2 Å². The summed E-state index contributed by atoms with van der Waals surface area (Å²) in [4.78, 5) is 13.2. The molecule has 1 heterocycles. The van der Waals surface area contributed by atoms with E-state index in [9.17, 15) is 4.79 Å². The van der Waals surface area contributed by atoms with Crippen molar-refractivity contribution >= 4 is 11.6 Å². The van der Waals surface area contributed by atoms with Crippen LogP contribution in [-0.4, -0.2) is 12.7 Å². The van der Waals surface area contributed by atoms with Crippen molar-refractivity contribution in [3.05, 3.63) is 89.0 Å². The second-order valence-electron chi connectivity index (χ2n) is 7.38. The maximum atomic E-state index is 13.2. The van der Waals surface area contributed by atoms with Gasteiger partial charge in [0, 0.05) is 16.8 Å². The van der Waals surface area contributed by atoms with Crippen molar-refractivity contribution in [2.75, 3.05) is 12.1 Å². The minimum absolute atomic E-state index is 0.0399. The molecule has 0 saturated heterocycles. The van der Waals surface area contributed by atoms with Crippen LogP contribution in [0.1, 0.15) is 28.3 Å². The quantitative estimate of drug-likeness (QED) is 0.678. The second kappa shape index (κ2) is 8.37. The second-order valence-corrected chi connectivity index (χ2v) is 7.38. The van der Waals surface area contributed by atoms with Crippen LogP contribution < -0.4 is 20.1 Å². The number of ether oxygens (including phenoxy) is 2. The molecule has 0 aliphatic carbocycles. The number of nitrogens with two attached hydrogens (primary N) is 1. The molecule has 0 aromatic heterocycles. The monoisotopic (exact) mass is 389 g/mol. The minimum atomic E-state index is -0.359. The first-order valence-electron chi connectivity index (χ1n) is 9.74. The predicted octanol–water partition coefficient (Wildman–Crippen LogP) is 3.48. The molecule has 5 nitrogen and oxygen atoms in total. The van der Waals surface area contributed by atoms with Gasteiger partial charge < -0.3 is 20.1 Å². The van der Waals surface area contributed by atoms with Gasteiger partial charge in [0.25, 0.3) is 5.91 Å². The lowest BCUT2D eigenvalue weighted by Gasteiger charge is -2.17. The summed E-state index contributed by atoms with van der Waals surface area (Å²) in [6.07, 6.45) is 0. The van der Waals surface area contributed by atoms with E-state index in [1.165, 1.54) is 0 Å². The molecule has 0 radical (unpaired) electrons. The third-order valence-corrected chi connectivity index (χ3v) is 4.96. The van der Waals surface area contributed by atoms with E-state index in [1.54, 1.807) is 0 Å². The molecule has 0 unspecified atom stereocenters. The van der Waals surface area contributed by atoms with Gasteiger partial charge in [-0.1, -0.05) is 36.4 Å². The van der Waals surface area contributed by atoms with Crippen molar-refractivity contribution in [2.45, 2.75) is 26.4 Å². The molecule has 5 heteroatoms. The molecule has 1 atom stereocenters. The van der Waals surface area contributed by atoms with E-state index in [-0.39, 0.29) is 18.7 Å². The van der Waals surface area contributed by atoms with Gasteiger partial charge in [0.05, 0.1) is 0 Å². The first kappa shape index (κ1) is 19.0. The van der Waals surface area contributed by atoms with E-state index >= 15 is 0 Å². The number of hydrogen-bond acceptors (Lipinski definition) is 3. The van der Waals surface area contributed by atoms with Crippen LogP contribution in [0, 0.1) is 13.8 Å². The normalized spacial score (nSPS) is 13.2. The Hall–Kier alpha value is -3.31. The molecule has 29 heavy (non-hydrogen) atoms. The van der Waals surface area contributed by atoms with Gasteiger partial charge in [-0.25, -0.2) is 0 Å². The molecule has 0 spiro atoms. The lowest BCUT2D eigenvalue weighted by atomic mass is 10.0. The molecule has 0 fully saturated rings. The van der Waals surface area contributed by atoms with Crippen LogP contribution in [0.15, 0.2) is 66.7 Å². The largest absolute Gasteiger partial charge is 0.454 e. The standard InChI is InChI=1S/C24H24N2O3/c1-16-10-17(2)12-20(11-16)26-24(27)23(19-6-4-3-5-7-19)25-14-18-8-9-21-22(13-18)29-15-28-21/h3-13,23,25H,14-15H2,1-2H3,(H,26,27)/p+1/t23-/m0/s1. The number of aryl methyl sites for hydroxylation is 2. The van der Waals surface area contributed by atoms with Gasteiger partial charge in [-0.15, -0.1) is 0 Å². The highest BCUT2D eigenvalue weighted by Crippen LogP contribution is 2.32. The van der Waals surface area contributed by atoms with Gasteiger partial charge in [0.2, 0.25) is 6.79 Å². The lowest BCUT2D eigenvalue weighted by Crippen LogP contribution is -2.85. The van der Waals surface area contributed by atoms with E-state index in [2.05, 4.69) is 11.4 Å². The van der Waals surface area contributed by atoms with Crippen LogP contribution in [-0.2, 0) is 11.3 Å². The number of benzene rings is 3. The predicted molar refractivity (Wildman–Crippen MR) is 112 cm³/mol. The van der Waals surface area contributed by atoms with Crippen LogP contribution in [0.25, 0.3) is 0 Å². The molecular formula is C24H25N2O3+. The number of carbonyl (C=O) groups excluding carboxylic acids is 1. The van der Waals surface area contributed by atoms with Crippen LogP contribution in [0.2, 0.25) is 0 Å². The fourth-order valence-electron chi connectivity index (χ4n) is 3.64. The Kier molecular flexibility index (Phi) is 5.49. The summed E-state index contributed by atoms with van der Waals surface area (Å²) in [6, 6.07) is 21.5. The number of hydrogen-bond donors (Lipinski definition) is 2. The van der Waals surface area contributed by atoms with Crippen LogP contribution in [0.5, 0.6) is 11.5 Å². The summed E-state index contributed by atoms with van der Waals surface area (Å²) >= 11 is 0. The molecule has 3 N–H and O–H groups in total. The Morgan fingerprint density at radius 2 is 1.69 bits per heavy atom. The van der Waals surface area contributed by atoms with Gasteiger partial charge >= 0.3 is 0 Å². The van der Waals surface area contributed by atoms with Crippen molar-refractivity contribution in [1.82, 2.24) is 0 Å². The number of rotatable bonds is 6. The van der Waals surface area contributed by atoms with E-state index in [0.717, 1.165) is 39.4 Å². The van der Waals surface area contributed by atoms with Crippen molar-refractivity contribution in [1.29, 1.82) is 0 Å². The number of nitrogens with one attached hydrogen (secondary N) is 1. The SMILES string of the molecule is Cc1cc(C)cc(NC(=O)[C@@H]([NH2+]Cc2ccc3c(c2)OCO3)c2ccccc2)c1. The fourth-order valence-corrected chi connectivity index (χ4v) is 3.64. The van der Waals surface area contributed by atoms with Crippen molar-refractivity contribution in [2.24, 2.45) is 0 Å². The average molecular weight is 389 g/mol. The highest BCUT2D eigenvalue weighted by molar-refractivity contribution is 5.94. The summed E-state index contributed by atoms with van der Waals surface area (Å²) in [6.45, 7) is 4.97. The summed E-state index contributed by atoms with van der Waals surface area (Å²) in [7, 11) is 0. The molecule has 0 saturated carbocycles.